The summed E-state index contributed by atoms with van der Waals surface area (Å²) >= 11 is 1.40. The van der Waals surface area contributed by atoms with Crippen molar-refractivity contribution in [3.05, 3.63) is 45.8 Å². The molecule has 3 rings (SSSR count). The molecule has 2 aromatic rings. The lowest BCUT2D eigenvalue weighted by Gasteiger charge is -2.20. The lowest BCUT2D eigenvalue weighted by Crippen LogP contribution is -2.38. The summed E-state index contributed by atoms with van der Waals surface area (Å²) in [5, 5.41) is 14.9. The molecule has 1 aromatic carbocycles. The number of aryl methyl sites for hydroxylation is 1. The van der Waals surface area contributed by atoms with Gasteiger partial charge in [-0.25, -0.2) is 0 Å². The van der Waals surface area contributed by atoms with E-state index in [1.807, 2.05) is 0 Å². The fourth-order valence-electron chi connectivity index (χ4n) is 3.49. The summed E-state index contributed by atoms with van der Waals surface area (Å²) in [5.74, 6) is -1.04. The van der Waals surface area contributed by atoms with Crippen molar-refractivity contribution >= 4 is 33.8 Å². The molecular weight excluding hydrogens is 429 g/mol. The van der Waals surface area contributed by atoms with Crippen molar-refractivity contribution in [2.24, 2.45) is 0 Å². The van der Waals surface area contributed by atoms with Crippen LogP contribution in [0.2, 0.25) is 0 Å². The summed E-state index contributed by atoms with van der Waals surface area (Å²) in [4.78, 5) is 27.4. The highest BCUT2D eigenvalue weighted by atomic mass is 32.1. The van der Waals surface area contributed by atoms with E-state index in [2.05, 4.69) is 16.7 Å². The van der Waals surface area contributed by atoms with E-state index >= 15 is 0 Å². The quantitative estimate of drug-likeness (QED) is 0.667. The third-order valence-electron chi connectivity index (χ3n) is 4.97. The van der Waals surface area contributed by atoms with Gasteiger partial charge in [0.2, 0.25) is 11.8 Å². The Morgan fingerprint density at radius 3 is 2.48 bits per heavy atom. The highest BCUT2D eigenvalue weighted by Gasteiger charge is 2.33. The molecule has 0 spiro atoms. The number of amides is 2. The second kappa shape index (κ2) is 9.49. The molecule has 0 unspecified atom stereocenters. The van der Waals surface area contributed by atoms with Gasteiger partial charge < -0.3 is 10.6 Å². The number of likely N-dealkylation sites (N-methyl/N-ethyl adjacent to an activating group) is 1. The minimum absolute atomic E-state index is 0.127. The summed E-state index contributed by atoms with van der Waals surface area (Å²) in [6.45, 7) is 1.71. The van der Waals surface area contributed by atoms with Crippen LogP contribution in [0.5, 0.6) is 0 Å². The minimum Gasteiger partial charge on any atom is -0.324 e. The number of carbonyl (C=O) groups is 2. The number of anilines is 2. The molecule has 0 aliphatic heterocycles. The number of carbonyl (C=O) groups excluding carboxylic acids is 2. The van der Waals surface area contributed by atoms with E-state index < -0.39 is 17.6 Å². The molecule has 10 heteroatoms. The highest BCUT2D eigenvalue weighted by molar-refractivity contribution is 7.16. The molecule has 0 fully saturated rings. The van der Waals surface area contributed by atoms with E-state index in [1.165, 1.54) is 34.4 Å². The van der Waals surface area contributed by atoms with E-state index in [0.717, 1.165) is 35.8 Å². The smallest absolute Gasteiger partial charge is 0.324 e. The Bertz CT molecular complexity index is 1030. The Morgan fingerprint density at radius 2 is 1.84 bits per heavy atom. The van der Waals surface area contributed by atoms with E-state index in [9.17, 15) is 28.0 Å². The second-order valence-corrected chi connectivity index (χ2v) is 8.22. The van der Waals surface area contributed by atoms with Crippen LogP contribution < -0.4 is 10.6 Å². The molecule has 1 aliphatic rings. The Kier molecular flexibility index (Phi) is 6.97. The fourth-order valence-corrected chi connectivity index (χ4v) is 4.75. The molecule has 164 valence electrons. The lowest BCUT2D eigenvalue weighted by molar-refractivity contribution is -0.137. The predicted octanol–water partition coefficient (Wildman–Crippen LogP) is 4.03. The largest absolute Gasteiger partial charge is 0.418 e. The summed E-state index contributed by atoms with van der Waals surface area (Å²) in [7, 11) is 0. The first-order valence-corrected chi connectivity index (χ1v) is 10.6. The molecule has 2 N–H and O–H groups in total. The van der Waals surface area contributed by atoms with Crippen LogP contribution in [0.25, 0.3) is 0 Å². The monoisotopic (exact) mass is 450 g/mol. The zero-order chi connectivity index (χ0) is 22.6. The summed E-state index contributed by atoms with van der Waals surface area (Å²) in [5.41, 5.74) is 0.236. The number of rotatable bonds is 7. The van der Waals surface area contributed by atoms with Crippen molar-refractivity contribution in [1.29, 1.82) is 5.26 Å². The normalized spacial score (nSPS) is 13.0. The number of halogens is 3. The van der Waals surface area contributed by atoms with Gasteiger partial charge in [-0.15, -0.1) is 11.3 Å². The Labute approximate surface area is 181 Å². The van der Waals surface area contributed by atoms with Crippen molar-refractivity contribution in [2.75, 3.05) is 30.3 Å². The molecule has 2 amide bonds. The molecule has 0 saturated carbocycles. The van der Waals surface area contributed by atoms with E-state index in [4.69, 9.17) is 0 Å². The lowest BCUT2D eigenvalue weighted by atomic mass is 10.1. The first kappa shape index (κ1) is 22.8. The van der Waals surface area contributed by atoms with Crippen molar-refractivity contribution in [3.8, 4) is 6.07 Å². The molecule has 0 radical (unpaired) electrons. The van der Waals surface area contributed by atoms with Crippen LogP contribution >= 0.6 is 11.3 Å². The maximum absolute atomic E-state index is 13.1. The van der Waals surface area contributed by atoms with Crippen molar-refractivity contribution in [3.63, 3.8) is 0 Å². The second-order valence-electron chi connectivity index (χ2n) is 7.12. The Morgan fingerprint density at radius 1 is 1.16 bits per heavy atom. The SMILES string of the molecule is CCN(CC(=O)Nc1ccccc1C(F)(F)F)CC(=O)Nc1sc2c(c1C#N)CCC2. The summed E-state index contributed by atoms with van der Waals surface area (Å²) in [6, 6.07) is 6.88. The molecule has 6 nitrogen and oxygen atoms in total. The van der Waals surface area contributed by atoms with Gasteiger partial charge >= 0.3 is 6.18 Å². The zero-order valence-corrected chi connectivity index (χ0v) is 17.6. The number of hydrogen-bond acceptors (Lipinski definition) is 5. The van der Waals surface area contributed by atoms with Crippen LogP contribution in [-0.2, 0) is 28.6 Å². The van der Waals surface area contributed by atoms with Gasteiger partial charge in [0, 0.05) is 4.88 Å². The molecule has 1 aliphatic carbocycles. The molecule has 31 heavy (non-hydrogen) atoms. The van der Waals surface area contributed by atoms with Crippen LogP contribution in [0.15, 0.2) is 24.3 Å². The van der Waals surface area contributed by atoms with Crippen LogP contribution in [0.4, 0.5) is 23.9 Å². The van der Waals surface area contributed by atoms with Gasteiger partial charge in [-0.3, -0.25) is 14.5 Å². The number of nitrogens with one attached hydrogen (secondary N) is 2. The number of benzene rings is 1. The Hall–Kier alpha value is -2.90. The number of hydrogen-bond donors (Lipinski definition) is 2. The van der Waals surface area contributed by atoms with Crippen molar-refractivity contribution in [2.45, 2.75) is 32.4 Å². The van der Waals surface area contributed by atoms with E-state index in [1.54, 1.807) is 6.92 Å². The molecular formula is C21H21F3N4O2S. The number of para-hydroxylation sites is 1. The number of thiophene rings is 1. The number of fused-ring (bicyclic) bond motifs is 1. The third-order valence-corrected chi connectivity index (χ3v) is 6.18. The minimum atomic E-state index is -4.59. The van der Waals surface area contributed by atoms with Gasteiger partial charge in [0.15, 0.2) is 0 Å². The van der Waals surface area contributed by atoms with E-state index in [0.29, 0.717) is 17.1 Å². The zero-order valence-electron chi connectivity index (χ0n) is 16.8. The predicted molar refractivity (Wildman–Crippen MR) is 112 cm³/mol. The van der Waals surface area contributed by atoms with Crippen LogP contribution in [0.1, 0.15) is 34.9 Å². The van der Waals surface area contributed by atoms with E-state index in [-0.39, 0.29) is 24.7 Å². The Balaban J connectivity index is 1.60. The van der Waals surface area contributed by atoms with Gasteiger partial charge in [-0.1, -0.05) is 19.1 Å². The van der Waals surface area contributed by atoms with Crippen LogP contribution in [0, 0.1) is 11.3 Å². The summed E-state index contributed by atoms with van der Waals surface area (Å²) in [6.07, 6.45) is -1.87. The van der Waals surface area contributed by atoms with Crippen LogP contribution in [-0.4, -0.2) is 36.3 Å². The van der Waals surface area contributed by atoms with Gasteiger partial charge in [0.1, 0.15) is 11.1 Å². The summed E-state index contributed by atoms with van der Waals surface area (Å²) < 4.78 is 39.3. The van der Waals surface area contributed by atoms with Gasteiger partial charge in [0.05, 0.1) is 29.9 Å². The standard InChI is InChI=1S/C21H21F3N4O2S/c1-2-28(11-18(29)26-16-8-4-3-7-15(16)21(22,23)24)12-19(30)27-20-14(10-25)13-6-5-9-17(13)31-20/h3-4,7-8H,2,5-6,9,11-12H2,1H3,(H,26,29)(H,27,30). The molecule has 0 atom stereocenters. The van der Waals surface area contributed by atoms with Crippen molar-refractivity contribution < 1.29 is 22.8 Å². The third kappa shape index (κ3) is 5.42. The number of nitrogens with zero attached hydrogens (tertiary/aromatic N) is 2. The molecule has 0 bridgehead atoms. The molecule has 0 saturated heterocycles. The molecule has 1 aromatic heterocycles. The van der Waals surface area contributed by atoms with Crippen LogP contribution in [0.3, 0.4) is 0 Å². The molecule has 1 heterocycles. The topological polar surface area (TPSA) is 85.2 Å². The first-order chi connectivity index (χ1) is 14.7. The fraction of sp³-hybridized carbons (Fsp3) is 0.381. The number of nitriles is 1. The highest BCUT2D eigenvalue weighted by Crippen LogP contribution is 2.38. The maximum Gasteiger partial charge on any atom is 0.418 e. The van der Waals surface area contributed by atoms with Crippen molar-refractivity contribution in [1.82, 2.24) is 4.90 Å². The number of alkyl halides is 3. The maximum atomic E-state index is 13.1. The van der Waals surface area contributed by atoms with Gasteiger partial charge in [-0.2, -0.15) is 18.4 Å². The average Bonchev–Trinajstić information content (AvgIpc) is 3.27. The average molecular weight is 450 g/mol. The van der Waals surface area contributed by atoms with Gasteiger partial charge in [-0.05, 0) is 43.5 Å². The van der Waals surface area contributed by atoms with Gasteiger partial charge in [0.25, 0.3) is 0 Å². The first-order valence-electron chi connectivity index (χ1n) is 9.75.